The molecule has 1 aliphatic rings. The molecule has 0 spiro atoms. The molecule has 1 aliphatic heterocycles. The monoisotopic (exact) mass is 373 g/mol. The molecule has 0 fully saturated rings. The summed E-state index contributed by atoms with van der Waals surface area (Å²) < 4.78 is 41.9. The number of hydrogen-bond donors (Lipinski definition) is 1. The van der Waals surface area contributed by atoms with Crippen molar-refractivity contribution in [3.63, 3.8) is 0 Å². The lowest BCUT2D eigenvalue weighted by molar-refractivity contribution is -0.138. The fourth-order valence-corrected chi connectivity index (χ4v) is 3.42. The lowest BCUT2D eigenvalue weighted by atomic mass is 9.83. The van der Waals surface area contributed by atoms with Crippen molar-refractivity contribution < 1.29 is 18.0 Å². The molecular weight excluding hydrogens is 359 g/mol. The summed E-state index contributed by atoms with van der Waals surface area (Å²) >= 11 is 0. The standard InChI is InChI=1S/C18H14F3N5O/c1-10-15-12(11-5-2-3-6-13(11)18(19,20)21)9-14(27)24-16(15)26(25-10)17-22-7-4-8-23-17/h2-8,12H,9H2,1H3,(H,24,27)/t12-/m1/s1. The maximum atomic E-state index is 13.5. The van der Waals surface area contributed by atoms with Gasteiger partial charge in [0.05, 0.1) is 11.3 Å². The quantitative estimate of drug-likeness (QED) is 0.747. The molecule has 6 nitrogen and oxygen atoms in total. The van der Waals surface area contributed by atoms with E-state index < -0.39 is 17.7 Å². The van der Waals surface area contributed by atoms with Gasteiger partial charge in [0.2, 0.25) is 5.91 Å². The number of alkyl halides is 3. The Morgan fingerprint density at radius 3 is 2.56 bits per heavy atom. The van der Waals surface area contributed by atoms with Crippen molar-refractivity contribution in [1.82, 2.24) is 19.7 Å². The predicted octanol–water partition coefficient (Wildman–Crippen LogP) is 3.46. The number of hydrogen-bond acceptors (Lipinski definition) is 4. The number of nitrogens with zero attached hydrogens (tertiary/aromatic N) is 4. The molecule has 1 N–H and O–H groups in total. The fourth-order valence-electron chi connectivity index (χ4n) is 3.42. The van der Waals surface area contributed by atoms with Gasteiger partial charge in [0.15, 0.2) is 0 Å². The van der Waals surface area contributed by atoms with Gasteiger partial charge in [-0.25, -0.2) is 9.97 Å². The van der Waals surface area contributed by atoms with E-state index in [1.54, 1.807) is 13.0 Å². The summed E-state index contributed by atoms with van der Waals surface area (Å²) in [5, 5.41) is 7.07. The van der Waals surface area contributed by atoms with Crippen molar-refractivity contribution >= 4 is 11.7 Å². The summed E-state index contributed by atoms with van der Waals surface area (Å²) in [6, 6.07) is 6.95. The number of halogens is 3. The molecule has 3 heterocycles. The van der Waals surface area contributed by atoms with E-state index in [1.165, 1.54) is 35.3 Å². The number of carbonyl (C=O) groups is 1. The molecule has 3 aromatic rings. The summed E-state index contributed by atoms with van der Waals surface area (Å²) in [4.78, 5) is 20.5. The predicted molar refractivity (Wildman–Crippen MR) is 90.4 cm³/mol. The summed E-state index contributed by atoms with van der Waals surface area (Å²) in [5.74, 6) is -0.616. The molecule has 9 heteroatoms. The zero-order chi connectivity index (χ0) is 19.2. The van der Waals surface area contributed by atoms with Gasteiger partial charge in [-0.15, -0.1) is 0 Å². The highest BCUT2D eigenvalue weighted by Gasteiger charge is 2.39. The van der Waals surface area contributed by atoms with E-state index in [4.69, 9.17) is 0 Å². The minimum atomic E-state index is -4.52. The first-order valence-electron chi connectivity index (χ1n) is 8.19. The van der Waals surface area contributed by atoms with Crippen LogP contribution in [0.1, 0.15) is 34.7 Å². The van der Waals surface area contributed by atoms with Crippen LogP contribution in [0.5, 0.6) is 0 Å². The lowest BCUT2D eigenvalue weighted by Gasteiger charge is -2.26. The third-order valence-electron chi connectivity index (χ3n) is 4.49. The van der Waals surface area contributed by atoms with Crippen molar-refractivity contribution in [2.24, 2.45) is 0 Å². The molecule has 0 saturated heterocycles. The van der Waals surface area contributed by atoms with E-state index in [2.05, 4.69) is 20.4 Å². The fraction of sp³-hybridized carbons (Fsp3) is 0.222. The number of rotatable bonds is 2. The largest absolute Gasteiger partial charge is 0.416 e. The molecule has 2 aromatic heterocycles. The van der Waals surface area contributed by atoms with Gasteiger partial charge in [-0.3, -0.25) is 4.79 Å². The van der Waals surface area contributed by atoms with Crippen LogP contribution in [0.15, 0.2) is 42.7 Å². The van der Waals surface area contributed by atoms with Crippen LogP contribution >= 0.6 is 0 Å². The Balaban J connectivity index is 1.92. The molecule has 1 atom stereocenters. The smallest absolute Gasteiger partial charge is 0.310 e. The Labute approximate surface area is 152 Å². The third kappa shape index (κ3) is 2.94. The number of aryl methyl sites for hydroxylation is 1. The summed E-state index contributed by atoms with van der Waals surface area (Å²) in [7, 11) is 0. The molecule has 0 aliphatic carbocycles. The average Bonchev–Trinajstić information content (AvgIpc) is 2.97. The number of benzene rings is 1. The number of fused-ring (bicyclic) bond motifs is 1. The van der Waals surface area contributed by atoms with Gasteiger partial charge in [-0.1, -0.05) is 18.2 Å². The highest BCUT2D eigenvalue weighted by molar-refractivity contribution is 5.95. The number of carbonyl (C=O) groups excluding carboxylic acids is 1. The lowest BCUT2D eigenvalue weighted by Crippen LogP contribution is -2.26. The first kappa shape index (κ1) is 17.2. The van der Waals surface area contributed by atoms with Gasteiger partial charge in [0.1, 0.15) is 5.82 Å². The molecule has 1 aromatic carbocycles. The van der Waals surface area contributed by atoms with Crippen molar-refractivity contribution in [2.45, 2.75) is 25.4 Å². The molecule has 0 bridgehead atoms. The minimum absolute atomic E-state index is 0.0535. The second-order valence-electron chi connectivity index (χ2n) is 6.20. The molecule has 0 radical (unpaired) electrons. The van der Waals surface area contributed by atoms with Crippen molar-refractivity contribution in [2.75, 3.05) is 5.32 Å². The Morgan fingerprint density at radius 2 is 1.85 bits per heavy atom. The number of aromatic nitrogens is 4. The first-order valence-corrected chi connectivity index (χ1v) is 8.19. The number of nitrogens with one attached hydrogen (secondary N) is 1. The van der Waals surface area contributed by atoms with Crippen LogP contribution in [0.25, 0.3) is 5.95 Å². The zero-order valence-electron chi connectivity index (χ0n) is 14.2. The SMILES string of the molecule is Cc1nn(-c2ncccn2)c2c1[C@@H](c1ccccc1C(F)(F)F)CC(=O)N2. The Kier molecular flexibility index (Phi) is 3.94. The van der Waals surface area contributed by atoms with Crippen LogP contribution in [0.4, 0.5) is 19.0 Å². The number of anilines is 1. The Hall–Kier alpha value is -3.23. The summed E-state index contributed by atoms with van der Waals surface area (Å²) in [5.41, 5.74) is 0.356. The summed E-state index contributed by atoms with van der Waals surface area (Å²) in [6.07, 6.45) is -1.57. The molecule has 138 valence electrons. The number of amides is 1. The summed E-state index contributed by atoms with van der Waals surface area (Å²) in [6.45, 7) is 1.69. The molecule has 0 saturated carbocycles. The Morgan fingerprint density at radius 1 is 1.15 bits per heavy atom. The topological polar surface area (TPSA) is 72.7 Å². The molecule has 1 amide bonds. The van der Waals surface area contributed by atoms with Crippen LogP contribution in [-0.2, 0) is 11.0 Å². The second kappa shape index (κ2) is 6.19. The molecule has 27 heavy (non-hydrogen) atoms. The van der Waals surface area contributed by atoms with Crippen LogP contribution < -0.4 is 5.32 Å². The van der Waals surface area contributed by atoms with Crippen LogP contribution in [0, 0.1) is 6.92 Å². The van der Waals surface area contributed by atoms with Crippen molar-refractivity contribution in [3.05, 3.63) is 65.1 Å². The van der Waals surface area contributed by atoms with E-state index in [0.29, 0.717) is 17.1 Å². The first-order chi connectivity index (χ1) is 12.9. The van der Waals surface area contributed by atoms with E-state index >= 15 is 0 Å². The van der Waals surface area contributed by atoms with Crippen molar-refractivity contribution in [3.8, 4) is 5.95 Å². The highest BCUT2D eigenvalue weighted by atomic mass is 19.4. The zero-order valence-corrected chi connectivity index (χ0v) is 14.2. The van der Waals surface area contributed by atoms with Gasteiger partial charge in [0.25, 0.3) is 5.95 Å². The molecule has 4 rings (SSSR count). The second-order valence-corrected chi connectivity index (χ2v) is 6.20. The third-order valence-corrected chi connectivity index (χ3v) is 4.49. The van der Waals surface area contributed by atoms with Crippen LogP contribution in [0.2, 0.25) is 0 Å². The van der Waals surface area contributed by atoms with Gasteiger partial charge >= 0.3 is 6.18 Å². The van der Waals surface area contributed by atoms with Crippen molar-refractivity contribution in [1.29, 1.82) is 0 Å². The van der Waals surface area contributed by atoms with Crippen LogP contribution in [0.3, 0.4) is 0 Å². The van der Waals surface area contributed by atoms with E-state index in [9.17, 15) is 18.0 Å². The maximum absolute atomic E-state index is 13.5. The maximum Gasteiger partial charge on any atom is 0.416 e. The highest BCUT2D eigenvalue weighted by Crippen LogP contribution is 2.44. The average molecular weight is 373 g/mol. The molecular formula is C18H14F3N5O. The van der Waals surface area contributed by atoms with Gasteiger partial charge < -0.3 is 5.32 Å². The van der Waals surface area contributed by atoms with E-state index in [-0.39, 0.29) is 23.8 Å². The Bertz CT molecular complexity index is 1010. The van der Waals surface area contributed by atoms with Gasteiger partial charge in [0, 0.05) is 30.3 Å². The molecule has 0 unspecified atom stereocenters. The van der Waals surface area contributed by atoms with Gasteiger partial charge in [-0.2, -0.15) is 23.0 Å². The minimum Gasteiger partial charge on any atom is -0.310 e. The normalized spacial score (nSPS) is 16.7. The van der Waals surface area contributed by atoms with Crippen LogP contribution in [-0.4, -0.2) is 25.7 Å². The van der Waals surface area contributed by atoms with E-state index in [0.717, 1.165) is 6.07 Å². The van der Waals surface area contributed by atoms with Gasteiger partial charge in [-0.05, 0) is 24.6 Å². The van der Waals surface area contributed by atoms with E-state index in [1.807, 2.05) is 0 Å².